The Labute approximate surface area is 200 Å². The van der Waals surface area contributed by atoms with Crippen LogP contribution in [-0.2, 0) is 28.0 Å². The Kier molecular flexibility index (Phi) is 9.70. The van der Waals surface area contributed by atoms with E-state index in [0.717, 1.165) is 23.1 Å². The van der Waals surface area contributed by atoms with Gasteiger partial charge in [0.25, 0.3) is 0 Å². The monoisotopic (exact) mass is 450 g/mol. The number of benzene rings is 2. The van der Waals surface area contributed by atoms with E-state index in [9.17, 15) is 9.59 Å². The third kappa shape index (κ3) is 8.03. The quantitative estimate of drug-likeness (QED) is 0.486. The molecule has 2 aromatic carbocycles. The first kappa shape index (κ1) is 26.6. The molecule has 1 N–H and O–H groups in total. The Morgan fingerprint density at radius 3 is 2.18 bits per heavy atom. The Morgan fingerprint density at radius 1 is 0.970 bits per heavy atom. The highest BCUT2D eigenvalue weighted by Crippen LogP contribution is 2.23. The van der Waals surface area contributed by atoms with Crippen LogP contribution in [0.5, 0.6) is 0 Å². The maximum atomic E-state index is 13.4. The molecule has 0 saturated heterocycles. The van der Waals surface area contributed by atoms with E-state index in [1.165, 1.54) is 5.56 Å². The third-order valence-corrected chi connectivity index (χ3v) is 6.27. The number of nitrogens with zero attached hydrogens (tertiary/aromatic N) is 1. The molecular formula is C29H42N2O2. The van der Waals surface area contributed by atoms with Crippen LogP contribution in [-0.4, -0.2) is 28.8 Å². The van der Waals surface area contributed by atoms with E-state index < -0.39 is 6.04 Å². The molecule has 4 nitrogen and oxygen atoms in total. The summed E-state index contributed by atoms with van der Waals surface area (Å²) in [7, 11) is 0. The van der Waals surface area contributed by atoms with Crippen molar-refractivity contribution >= 4 is 11.8 Å². The van der Waals surface area contributed by atoms with Crippen LogP contribution >= 0.6 is 0 Å². The lowest BCUT2D eigenvalue weighted by atomic mass is 9.86. The summed E-state index contributed by atoms with van der Waals surface area (Å²) in [4.78, 5) is 28.3. The normalized spacial score (nSPS) is 13.3. The molecule has 0 spiro atoms. The van der Waals surface area contributed by atoms with E-state index >= 15 is 0 Å². The molecule has 33 heavy (non-hydrogen) atoms. The second-order valence-corrected chi connectivity index (χ2v) is 10.2. The SMILES string of the molecule is CC[C@@H](C)NC(=O)[C@@H](CC)N(Cc1cccc(C)c1)C(=O)CCc1ccc(C(C)(C)C)cc1. The molecule has 4 heteroatoms. The van der Waals surface area contributed by atoms with Gasteiger partial charge in [-0.15, -0.1) is 0 Å². The Hall–Kier alpha value is -2.62. The van der Waals surface area contributed by atoms with Crippen molar-refractivity contribution in [2.45, 2.75) is 98.2 Å². The zero-order valence-electron chi connectivity index (χ0n) is 21.6. The lowest BCUT2D eigenvalue weighted by Gasteiger charge is -2.31. The minimum Gasteiger partial charge on any atom is -0.352 e. The zero-order valence-corrected chi connectivity index (χ0v) is 21.6. The molecule has 180 valence electrons. The lowest BCUT2D eigenvalue weighted by molar-refractivity contribution is -0.141. The first-order valence-corrected chi connectivity index (χ1v) is 12.3. The summed E-state index contributed by atoms with van der Waals surface area (Å²) in [6, 6.07) is 16.3. The van der Waals surface area contributed by atoms with Crippen molar-refractivity contribution in [3.05, 3.63) is 70.8 Å². The van der Waals surface area contributed by atoms with E-state index in [4.69, 9.17) is 0 Å². The molecule has 0 aliphatic carbocycles. The highest BCUT2D eigenvalue weighted by molar-refractivity contribution is 5.87. The van der Waals surface area contributed by atoms with Gasteiger partial charge < -0.3 is 10.2 Å². The smallest absolute Gasteiger partial charge is 0.243 e. The van der Waals surface area contributed by atoms with Crippen LogP contribution in [0.3, 0.4) is 0 Å². The summed E-state index contributed by atoms with van der Waals surface area (Å²) in [6.07, 6.45) is 2.49. The van der Waals surface area contributed by atoms with Crippen molar-refractivity contribution in [1.29, 1.82) is 0 Å². The van der Waals surface area contributed by atoms with Gasteiger partial charge in [-0.2, -0.15) is 0 Å². The van der Waals surface area contributed by atoms with E-state index in [1.807, 2.05) is 45.9 Å². The summed E-state index contributed by atoms with van der Waals surface area (Å²) in [5, 5.41) is 3.07. The molecule has 0 unspecified atom stereocenters. The maximum Gasteiger partial charge on any atom is 0.243 e. The number of hydrogen-bond donors (Lipinski definition) is 1. The average Bonchev–Trinajstić information content (AvgIpc) is 2.77. The van der Waals surface area contributed by atoms with Crippen molar-refractivity contribution in [2.24, 2.45) is 0 Å². The first-order chi connectivity index (χ1) is 15.5. The number of nitrogens with one attached hydrogen (secondary N) is 1. The van der Waals surface area contributed by atoms with Gasteiger partial charge in [-0.05, 0) is 55.2 Å². The molecule has 2 amide bonds. The van der Waals surface area contributed by atoms with Crippen LogP contribution < -0.4 is 5.32 Å². The highest BCUT2D eigenvalue weighted by Gasteiger charge is 2.29. The fourth-order valence-corrected chi connectivity index (χ4v) is 3.93. The summed E-state index contributed by atoms with van der Waals surface area (Å²) in [6.45, 7) is 15.1. The Morgan fingerprint density at radius 2 is 1.64 bits per heavy atom. The fourth-order valence-electron chi connectivity index (χ4n) is 3.93. The van der Waals surface area contributed by atoms with Crippen molar-refractivity contribution in [3.8, 4) is 0 Å². The lowest BCUT2D eigenvalue weighted by Crippen LogP contribution is -2.50. The molecule has 2 aromatic rings. The molecule has 0 aliphatic rings. The van der Waals surface area contributed by atoms with Gasteiger partial charge in [-0.3, -0.25) is 9.59 Å². The number of carbonyl (C=O) groups is 2. The fraction of sp³-hybridized carbons (Fsp3) is 0.517. The summed E-state index contributed by atoms with van der Waals surface area (Å²) < 4.78 is 0. The number of carbonyl (C=O) groups excluding carboxylic acids is 2. The van der Waals surface area contributed by atoms with Gasteiger partial charge >= 0.3 is 0 Å². The predicted octanol–water partition coefficient (Wildman–Crippen LogP) is 5.95. The van der Waals surface area contributed by atoms with Gasteiger partial charge in [0.2, 0.25) is 11.8 Å². The topological polar surface area (TPSA) is 49.4 Å². The van der Waals surface area contributed by atoms with Gasteiger partial charge in [0.1, 0.15) is 6.04 Å². The van der Waals surface area contributed by atoms with Crippen LogP contribution in [0.25, 0.3) is 0 Å². The summed E-state index contributed by atoms with van der Waals surface area (Å²) in [5.41, 5.74) is 4.73. The first-order valence-electron chi connectivity index (χ1n) is 12.3. The van der Waals surface area contributed by atoms with Crippen LogP contribution in [0.15, 0.2) is 48.5 Å². The molecular weight excluding hydrogens is 408 g/mol. The van der Waals surface area contributed by atoms with Crippen molar-refractivity contribution in [2.75, 3.05) is 0 Å². The highest BCUT2D eigenvalue weighted by atomic mass is 16.2. The molecule has 0 bridgehead atoms. The van der Waals surface area contributed by atoms with Gasteiger partial charge in [0.15, 0.2) is 0 Å². The Balaban J connectivity index is 2.20. The number of hydrogen-bond acceptors (Lipinski definition) is 2. The zero-order chi connectivity index (χ0) is 24.6. The van der Waals surface area contributed by atoms with Crippen molar-refractivity contribution in [1.82, 2.24) is 10.2 Å². The summed E-state index contributed by atoms with van der Waals surface area (Å²) in [5.74, 6) is -0.0510. The second kappa shape index (κ2) is 12.0. The molecule has 2 atom stereocenters. The third-order valence-electron chi connectivity index (χ3n) is 6.27. The van der Waals surface area contributed by atoms with Crippen LogP contribution in [0.2, 0.25) is 0 Å². The molecule has 0 aliphatic heterocycles. The number of rotatable bonds is 10. The second-order valence-electron chi connectivity index (χ2n) is 10.2. The predicted molar refractivity (Wildman–Crippen MR) is 137 cm³/mol. The van der Waals surface area contributed by atoms with Crippen LogP contribution in [0, 0.1) is 6.92 Å². The van der Waals surface area contributed by atoms with Gasteiger partial charge in [0.05, 0.1) is 0 Å². The number of amides is 2. The van der Waals surface area contributed by atoms with E-state index in [1.54, 1.807) is 4.90 Å². The van der Waals surface area contributed by atoms with E-state index in [0.29, 0.717) is 25.8 Å². The maximum absolute atomic E-state index is 13.4. The molecule has 0 radical (unpaired) electrons. The average molecular weight is 451 g/mol. The van der Waals surface area contributed by atoms with Crippen LogP contribution in [0.1, 0.15) is 83.1 Å². The van der Waals surface area contributed by atoms with Crippen LogP contribution in [0.4, 0.5) is 0 Å². The van der Waals surface area contributed by atoms with E-state index in [-0.39, 0.29) is 23.3 Å². The minimum atomic E-state index is -0.477. The largest absolute Gasteiger partial charge is 0.352 e. The van der Waals surface area contributed by atoms with Gasteiger partial charge in [-0.25, -0.2) is 0 Å². The molecule has 0 heterocycles. The van der Waals surface area contributed by atoms with Crippen molar-refractivity contribution < 1.29 is 9.59 Å². The Bertz CT molecular complexity index is 912. The molecule has 0 aromatic heterocycles. The van der Waals surface area contributed by atoms with E-state index in [2.05, 4.69) is 56.4 Å². The molecule has 0 fully saturated rings. The molecule has 2 rings (SSSR count). The summed E-state index contributed by atoms with van der Waals surface area (Å²) >= 11 is 0. The molecule has 0 saturated carbocycles. The standard InChI is InChI=1S/C29H42N2O2/c1-8-22(4)30-28(33)26(9-2)31(20-24-12-10-11-21(3)19-24)27(32)18-15-23-13-16-25(17-14-23)29(5,6)7/h10-14,16-17,19,22,26H,8-9,15,18,20H2,1-7H3,(H,30,33)/t22-,26-/m1/s1. The van der Waals surface area contributed by atoms with Gasteiger partial charge in [0, 0.05) is 19.0 Å². The minimum absolute atomic E-state index is 0.0163. The van der Waals surface area contributed by atoms with Gasteiger partial charge in [-0.1, -0.05) is 88.7 Å². The number of aryl methyl sites for hydroxylation is 2. The van der Waals surface area contributed by atoms with Crippen molar-refractivity contribution in [3.63, 3.8) is 0 Å².